The number of esters is 1. The van der Waals surface area contributed by atoms with Gasteiger partial charge in [-0.3, -0.25) is 4.79 Å². The van der Waals surface area contributed by atoms with Crippen molar-refractivity contribution in [3.05, 3.63) is 36.0 Å². The summed E-state index contributed by atoms with van der Waals surface area (Å²) in [5, 5.41) is 1.16. The summed E-state index contributed by atoms with van der Waals surface area (Å²) in [6, 6.07) is 8.14. The zero-order chi connectivity index (χ0) is 10.3. The number of benzene rings is 1. The van der Waals surface area contributed by atoms with Crippen LogP contribution in [0.1, 0.15) is 24.5 Å². The Morgan fingerprint density at radius 3 is 3.07 bits per heavy atom. The normalized spacial score (nSPS) is 20.8. The maximum Gasteiger partial charge on any atom is 0.306 e. The third kappa shape index (κ3) is 1.40. The van der Waals surface area contributed by atoms with Gasteiger partial charge in [-0.15, -0.1) is 0 Å². The van der Waals surface area contributed by atoms with E-state index in [1.165, 1.54) is 0 Å². The van der Waals surface area contributed by atoms with E-state index >= 15 is 0 Å². The first-order chi connectivity index (χ1) is 7.33. The third-order valence-electron chi connectivity index (χ3n) is 2.83. The molecule has 0 amide bonds. The van der Waals surface area contributed by atoms with Crippen molar-refractivity contribution in [2.24, 2.45) is 0 Å². The van der Waals surface area contributed by atoms with Gasteiger partial charge in [0.2, 0.25) is 0 Å². The molecule has 0 radical (unpaired) electrons. The minimum Gasteiger partial charge on any atom is -0.457 e. The zero-order valence-corrected chi connectivity index (χ0v) is 8.19. The second kappa shape index (κ2) is 3.12. The largest absolute Gasteiger partial charge is 0.457 e. The van der Waals surface area contributed by atoms with E-state index in [4.69, 9.17) is 4.74 Å². The van der Waals surface area contributed by atoms with Gasteiger partial charge in [0.1, 0.15) is 6.10 Å². The van der Waals surface area contributed by atoms with Gasteiger partial charge in [0, 0.05) is 18.1 Å². The van der Waals surface area contributed by atoms with Crippen molar-refractivity contribution in [3.63, 3.8) is 0 Å². The Hall–Kier alpha value is -1.77. The SMILES string of the molecule is O=C1CCC(c2ccc3[nH]ccc3c2)O1. The molecule has 3 heteroatoms. The molecule has 15 heavy (non-hydrogen) atoms. The molecule has 0 saturated carbocycles. The van der Waals surface area contributed by atoms with Crippen LogP contribution in [0.2, 0.25) is 0 Å². The molecule has 0 bridgehead atoms. The van der Waals surface area contributed by atoms with Crippen LogP contribution < -0.4 is 0 Å². The van der Waals surface area contributed by atoms with Crippen molar-refractivity contribution in [2.45, 2.75) is 18.9 Å². The quantitative estimate of drug-likeness (QED) is 0.720. The minimum absolute atomic E-state index is 0.0446. The van der Waals surface area contributed by atoms with Gasteiger partial charge in [-0.25, -0.2) is 0 Å². The van der Waals surface area contributed by atoms with E-state index in [9.17, 15) is 4.79 Å². The number of hydrogen-bond acceptors (Lipinski definition) is 2. The van der Waals surface area contributed by atoms with Crippen molar-refractivity contribution in [2.75, 3.05) is 0 Å². The molecule has 1 fully saturated rings. The number of aromatic nitrogens is 1. The first-order valence-electron chi connectivity index (χ1n) is 5.09. The molecule has 1 aliphatic rings. The van der Waals surface area contributed by atoms with Gasteiger partial charge in [-0.1, -0.05) is 6.07 Å². The van der Waals surface area contributed by atoms with E-state index in [2.05, 4.69) is 11.1 Å². The number of aromatic amines is 1. The Balaban J connectivity index is 2.00. The Labute approximate surface area is 87.1 Å². The van der Waals surface area contributed by atoms with Gasteiger partial charge in [-0.2, -0.15) is 0 Å². The summed E-state index contributed by atoms with van der Waals surface area (Å²) in [6.45, 7) is 0. The van der Waals surface area contributed by atoms with Gasteiger partial charge in [0.05, 0.1) is 0 Å². The Morgan fingerprint density at radius 2 is 2.27 bits per heavy atom. The lowest BCUT2D eigenvalue weighted by Crippen LogP contribution is -1.98. The number of nitrogens with one attached hydrogen (secondary N) is 1. The number of rotatable bonds is 1. The van der Waals surface area contributed by atoms with Crippen LogP contribution in [0.3, 0.4) is 0 Å². The second-order valence-electron chi connectivity index (χ2n) is 3.84. The summed E-state index contributed by atoms with van der Waals surface area (Å²) in [5.41, 5.74) is 2.20. The van der Waals surface area contributed by atoms with Crippen LogP contribution in [0.15, 0.2) is 30.5 Å². The number of fused-ring (bicyclic) bond motifs is 1. The van der Waals surface area contributed by atoms with Crippen molar-refractivity contribution in [3.8, 4) is 0 Å². The minimum atomic E-state index is -0.0887. The molecule has 1 unspecified atom stereocenters. The van der Waals surface area contributed by atoms with E-state index in [0.717, 1.165) is 22.9 Å². The zero-order valence-electron chi connectivity index (χ0n) is 8.19. The van der Waals surface area contributed by atoms with Crippen LogP contribution in [0.5, 0.6) is 0 Å². The van der Waals surface area contributed by atoms with Gasteiger partial charge in [-0.05, 0) is 35.6 Å². The first kappa shape index (κ1) is 8.53. The smallest absolute Gasteiger partial charge is 0.306 e. The average molecular weight is 201 g/mol. The highest BCUT2D eigenvalue weighted by atomic mass is 16.5. The van der Waals surface area contributed by atoms with E-state index in [0.29, 0.717) is 6.42 Å². The molecule has 1 saturated heterocycles. The highest BCUT2D eigenvalue weighted by Crippen LogP contribution is 2.30. The van der Waals surface area contributed by atoms with Crippen molar-refractivity contribution >= 4 is 16.9 Å². The number of H-pyrrole nitrogens is 1. The third-order valence-corrected chi connectivity index (χ3v) is 2.83. The van der Waals surface area contributed by atoms with Crippen LogP contribution in [0, 0.1) is 0 Å². The molecule has 1 N–H and O–H groups in total. The maximum absolute atomic E-state index is 11.0. The standard InChI is InChI=1S/C12H11NO2/c14-12-4-3-11(15-12)9-1-2-10-8(7-9)5-6-13-10/h1-2,5-7,11,13H,3-4H2. The van der Waals surface area contributed by atoms with Crippen LogP contribution in [-0.4, -0.2) is 11.0 Å². The van der Waals surface area contributed by atoms with Gasteiger partial charge in [0.25, 0.3) is 0 Å². The summed E-state index contributed by atoms with van der Waals surface area (Å²) in [6.07, 6.45) is 3.21. The Bertz CT molecular complexity index is 515. The molecular weight excluding hydrogens is 190 g/mol. The summed E-state index contributed by atoms with van der Waals surface area (Å²) in [5.74, 6) is -0.0887. The molecule has 0 aliphatic carbocycles. The molecule has 2 heterocycles. The number of ether oxygens (including phenoxy) is 1. The first-order valence-corrected chi connectivity index (χ1v) is 5.09. The van der Waals surface area contributed by atoms with Crippen molar-refractivity contribution in [1.82, 2.24) is 4.98 Å². The number of hydrogen-bond donors (Lipinski definition) is 1. The molecule has 76 valence electrons. The average Bonchev–Trinajstić information content (AvgIpc) is 2.84. The topological polar surface area (TPSA) is 42.1 Å². The lowest BCUT2D eigenvalue weighted by Gasteiger charge is -2.08. The van der Waals surface area contributed by atoms with Crippen LogP contribution >= 0.6 is 0 Å². The number of carbonyl (C=O) groups is 1. The lowest BCUT2D eigenvalue weighted by atomic mass is 10.1. The summed E-state index contributed by atoms with van der Waals surface area (Å²) < 4.78 is 5.22. The Kier molecular flexibility index (Phi) is 1.78. The summed E-state index contributed by atoms with van der Waals surface area (Å²) in [7, 11) is 0. The van der Waals surface area contributed by atoms with E-state index in [1.54, 1.807) is 0 Å². The predicted molar refractivity (Wildman–Crippen MR) is 56.4 cm³/mol. The van der Waals surface area contributed by atoms with Crippen LogP contribution in [0.25, 0.3) is 10.9 Å². The lowest BCUT2D eigenvalue weighted by molar-refractivity contribution is -0.141. The molecule has 2 aromatic rings. The maximum atomic E-state index is 11.0. The van der Waals surface area contributed by atoms with Crippen molar-refractivity contribution < 1.29 is 9.53 Å². The van der Waals surface area contributed by atoms with Gasteiger partial charge in [0.15, 0.2) is 0 Å². The van der Waals surface area contributed by atoms with E-state index in [1.807, 2.05) is 24.4 Å². The Morgan fingerprint density at radius 1 is 1.33 bits per heavy atom. The fourth-order valence-electron chi connectivity index (χ4n) is 2.03. The highest BCUT2D eigenvalue weighted by molar-refractivity contribution is 5.80. The van der Waals surface area contributed by atoms with Crippen molar-refractivity contribution in [1.29, 1.82) is 0 Å². The second-order valence-corrected chi connectivity index (χ2v) is 3.84. The van der Waals surface area contributed by atoms with E-state index in [-0.39, 0.29) is 12.1 Å². The summed E-state index contributed by atoms with van der Waals surface area (Å²) >= 11 is 0. The monoisotopic (exact) mass is 201 g/mol. The summed E-state index contributed by atoms with van der Waals surface area (Å²) in [4.78, 5) is 14.2. The highest BCUT2D eigenvalue weighted by Gasteiger charge is 2.24. The molecule has 0 spiro atoms. The molecule has 1 aromatic carbocycles. The molecule has 1 aromatic heterocycles. The van der Waals surface area contributed by atoms with Crippen LogP contribution in [-0.2, 0) is 9.53 Å². The molecule has 3 nitrogen and oxygen atoms in total. The number of carbonyl (C=O) groups excluding carboxylic acids is 1. The van der Waals surface area contributed by atoms with E-state index < -0.39 is 0 Å². The molecule has 1 atom stereocenters. The number of cyclic esters (lactones) is 1. The molecule has 1 aliphatic heterocycles. The van der Waals surface area contributed by atoms with Gasteiger partial charge >= 0.3 is 5.97 Å². The van der Waals surface area contributed by atoms with Gasteiger partial charge < -0.3 is 9.72 Å². The fourth-order valence-corrected chi connectivity index (χ4v) is 2.03. The van der Waals surface area contributed by atoms with Crippen LogP contribution in [0.4, 0.5) is 0 Å². The predicted octanol–water partition coefficient (Wildman–Crippen LogP) is 2.55. The molecule has 3 rings (SSSR count). The molecular formula is C12H11NO2. The fraction of sp³-hybridized carbons (Fsp3) is 0.250.